The molecule has 1 heterocycles. The maximum atomic E-state index is 5.38. The van der Waals surface area contributed by atoms with Crippen molar-refractivity contribution in [1.29, 1.82) is 0 Å². The second-order valence-electron chi connectivity index (χ2n) is 3.56. The monoisotopic (exact) mass is 196 g/mol. The van der Waals surface area contributed by atoms with Crippen molar-refractivity contribution in [2.24, 2.45) is 0 Å². The van der Waals surface area contributed by atoms with Crippen molar-refractivity contribution >= 4 is 0 Å². The van der Waals surface area contributed by atoms with Gasteiger partial charge in [-0.15, -0.1) is 0 Å². The van der Waals surface area contributed by atoms with Gasteiger partial charge in [-0.1, -0.05) is 13.3 Å². The molecule has 0 saturated heterocycles. The lowest BCUT2D eigenvalue weighted by Gasteiger charge is -2.13. The second-order valence-corrected chi connectivity index (χ2v) is 3.56. The molecule has 1 aromatic rings. The molecule has 0 aromatic carbocycles. The minimum Gasteiger partial charge on any atom is -0.381 e. The lowest BCUT2D eigenvalue weighted by atomic mass is 10.1. The van der Waals surface area contributed by atoms with Crippen LogP contribution in [-0.2, 0) is 11.3 Å². The average Bonchev–Trinajstić information content (AvgIpc) is 2.69. The summed E-state index contributed by atoms with van der Waals surface area (Å²) in [4.78, 5) is 0. The molecule has 0 N–H and O–H groups in total. The predicted molar refractivity (Wildman–Crippen MR) is 57.2 cm³/mol. The minimum atomic E-state index is 0.426. The molecule has 0 aliphatic carbocycles. The molecule has 80 valence electrons. The van der Waals surface area contributed by atoms with Crippen molar-refractivity contribution in [2.75, 3.05) is 7.11 Å². The van der Waals surface area contributed by atoms with E-state index in [2.05, 4.69) is 12.0 Å². The Morgan fingerprint density at radius 1 is 1.43 bits per heavy atom. The summed E-state index contributed by atoms with van der Waals surface area (Å²) in [6.45, 7) is 3.19. The molecule has 3 nitrogen and oxygen atoms in total. The molecule has 0 aliphatic rings. The van der Waals surface area contributed by atoms with Gasteiger partial charge in [0.15, 0.2) is 0 Å². The molecule has 0 radical (unpaired) electrons. The third kappa shape index (κ3) is 3.92. The molecule has 0 saturated carbocycles. The fourth-order valence-corrected chi connectivity index (χ4v) is 1.62. The Labute approximate surface area is 86.1 Å². The first kappa shape index (κ1) is 11.2. The van der Waals surface area contributed by atoms with Crippen molar-refractivity contribution in [1.82, 2.24) is 9.78 Å². The van der Waals surface area contributed by atoms with Crippen molar-refractivity contribution in [3.8, 4) is 0 Å². The van der Waals surface area contributed by atoms with Crippen LogP contribution in [0, 0.1) is 0 Å². The molecule has 14 heavy (non-hydrogen) atoms. The number of aromatic nitrogens is 2. The van der Waals surface area contributed by atoms with Gasteiger partial charge in [-0.05, 0) is 25.3 Å². The summed E-state index contributed by atoms with van der Waals surface area (Å²) in [6.07, 6.45) is 8.87. The fourth-order valence-electron chi connectivity index (χ4n) is 1.62. The SMILES string of the molecule is CCC[C@H](CCCn1cccn1)OC. The summed E-state index contributed by atoms with van der Waals surface area (Å²) in [6, 6.07) is 1.96. The number of ether oxygens (including phenoxy) is 1. The average molecular weight is 196 g/mol. The third-order valence-corrected chi connectivity index (χ3v) is 2.42. The van der Waals surface area contributed by atoms with Gasteiger partial charge < -0.3 is 4.74 Å². The second kappa shape index (κ2) is 6.60. The highest BCUT2D eigenvalue weighted by Crippen LogP contribution is 2.08. The quantitative estimate of drug-likeness (QED) is 0.670. The van der Waals surface area contributed by atoms with Gasteiger partial charge in [0.1, 0.15) is 0 Å². The van der Waals surface area contributed by atoms with Crippen LogP contribution in [0.3, 0.4) is 0 Å². The lowest BCUT2D eigenvalue weighted by Crippen LogP contribution is -2.11. The summed E-state index contributed by atoms with van der Waals surface area (Å²) >= 11 is 0. The standard InChI is InChI=1S/C11H20N2O/c1-3-6-11(14-2)7-4-9-13-10-5-8-12-13/h5,8,10-11H,3-4,6-7,9H2,1-2H3/t11-/m1/s1. The van der Waals surface area contributed by atoms with E-state index in [1.807, 2.05) is 23.1 Å². The van der Waals surface area contributed by atoms with E-state index in [9.17, 15) is 0 Å². The topological polar surface area (TPSA) is 27.1 Å². The van der Waals surface area contributed by atoms with E-state index in [0.717, 1.165) is 25.8 Å². The van der Waals surface area contributed by atoms with Crippen LogP contribution in [0.15, 0.2) is 18.5 Å². The number of methoxy groups -OCH3 is 1. The van der Waals surface area contributed by atoms with Crippen molar-refractivity contribution in [3.05, 3.63) is 18.5 Å². The molecule has 0 aliphatic heterocycles. The van der Waals surface area contributed by atoms with Crippen molar-refractivity contribution < 1.29 is 4.74 Å². The zero-order valence-corrected chi connectivity index (χ0v) is 9.15. The molecule has 1 rings (SSSR count). The van der Waals surface area contributed by atoms with Gasteiger partial charge in [-0.3, -0.25) is 4.68 Å². The first-order valence-electron chi connectivity index (χ1n) is 5.37. The molecule has 0 spiro atoms. The fraction of sp³-hybridized carbons (Fsp3) is 0.727. The first-order valence-corrected chi connectivity index (χ1v) is 5.37. The van der Waals surface area contributed by atoms with Crippen LogP contribution in [0.2, 0.25) is 0 Å². The van der Waals surface area contributed by atoms with E-state index in [1.54, 1.807) is 7.11 Å². The Morgan fingerprint density at radius 3 is 2.86 bits per heavy atom. The van der Waals surface area contributed by atoms with Crippen LogP contribution >= 0.6 is 0 Å². The third-order valence-electron chi connectivity index (χ3n) is 2.42. The summed E-state index contributed by atoms with van der Waals surface area (Å²) in [5.74, 6) is 0. The van der Waals surface area contributed by atoms with Crippen LogP contribution in [0.25, 0.3) is 0 Å². The summed E-state index contributed by atoms with van der Waals surface area (Å²) in [7, 11) is 1.80. The zero-order chi connectivity index (χ0) is 10.2. The van der Waals surface area contributed by atoms with Gasteiger partial charge in [0.25, 0.3) is 0 Å². The Morgan fingerprint density at radius 2 is 2.29 bits per heavy atom. The van der Waals surface area contributed by atoms with Gasteiger partial charge >= 0.3 is 0 Å². The van der Waals surface area contributed by atoms with E-state index < -0.39 is 0 Å². The molecular weight excluding hydrogens is 176 g/mol. The maximum absolute atomic E-state index is 5.38. The molecule has 0 unspecified atom stereocenters. The zero-order valence-electron chi connectivity index (χ0n) is 9.15. The molecule has 0 fully saturated rings. The maximum Gasteiger partial charge on any atom is 0.0572 e. The summed E-state index contributed by atoms with van der Waals surface area (Å²) < 4.78 is 7.35. The first-order chi connectivity index (χ1) is 6.86. The highest BCUT2D eigenvalue weighted by Gasteiger charge is 2.05. The van der Waals surface area contributed by atoms with Crippen LogP contribution in [0.4, 0.5) is 0 Å². The number of nitrogens with zero attached hydrogens (tertiary/aromatic N) is 2. The van der Waals surface area contributed by atoms with Crippen LogP contribution in [-0.4, -0.2) is 23.0 Å². The van der Waals surface area contributed by atoms with Gasteiger partial charge in [0, 0.05) is 26.0 Å². The predicted octanol–water partition coefficient (Wildman–Crippen LogP) is 2.48. The Balaban J connectivity index is 2.13. The van der Waals surface area contributed by atoms with Crippen LogP contribution in [0.1, 0.15) is 32.6 Å². The number of rotatable bonds is 7. The number of hydrogen-bond acceptors (Lipinski definition) is 2. The smallest absolute Gasteiger partial charge is 0.0572 e. The van der Waals surface area contributed by atoms with E-state index in [4.69, 9.17) is 4.74 Å². The molecule has 0 amide bonds. The minimum absolute atomic E-state index is 0.426. The van der Waals surface area contributed by atoms with Gasteiger partial charge in [0.2, 0.25) is 0 Å². The summed E-state index contributed by atoms with van der Waals surface area (Å²) in [5, 5.41) is 4.16. The Hall–Kier alpha value is -0.830. The van der Waals surface area contributed by atoms with E-state index in [1.165, 1.54) is 6.42 Å². The van der Waals surface area contributed by atoms with E-state index in [-0.39, 0.29) is 0 Å². The molecule has 1 aromatic heterocycles. The van der Waals surface area contributed by atoms with Crippen molar-refractivity contribution in [3.63, 3.8) is 0 Å². The van der Waals surface area contributed by atoms with E-state index in [0.29, 0.717) is 6.10 Å². The molecule has 3 heteroatoms. The van der Waals surface area contributed by atoms with Gasteiger partial charge in [-0.2, -0.15) is 5.10 Å². The normalized spacial score (nSPS) is 13.0. The number of hydrogen-bond donors (Lipinski definition) is 0. The molecule has 0 bridgehead atoms. The van der Waals surface area contributed by atoms with E-state index >= 15 is 0 Å². The molecule has 1 atom stereocenters. The highest BCUT2D eigenvalue weighted by atomic mass is 16.5. The lowest BCUT2D eigenvalue weighted by molar-refractivity contribution is 0.0843. The van der Waals surface area contributed by atoms with Crippen molar-refractivity contribution in [2.45, 2.75) is 45.3 Å². The van der Waals surface area contributed by atoms with Crippen LogP contribution < -0.4 is 0 Å². The van der Waals surface area contributed by atoms with Crippen LogP contribution in [0.5, 0.6) is 0 Å². The highest BCUT2D eigenvalue weighted by molar-refractivity contribution is 4.77. The largest absolute Gasteiger partial charge is 0.381 e. The summed E-state index contributed by atoms with van der Waals surface area (Å²) in [5.41, 5.74) is 0. The van der Waals surface area contributed by atoms with Gasteiger partial charge in [0.05, 0.1) is 6.10 Å². The Bertz CT molecular complexity index is 221. The van der Waals surface area contributed by atoms with Gasteiger partial charge in [-0.25, -0.2) is 0 Å². The Kier molecular flexibility index (Phi) is 5.30. The molecular formula is C11H20N2O. The number of aryl methyl sites for hydroxylation is 1.